The van der Waals surface area contributed by atoms with E-state index in [4.69, 9.17) is 4.74 Å². The van der Waals surface area contributed by atoms with Crippen LogP contribution in [-0.4, -0.2) is 48.4 Å². The highest BCUT2D eigenvalue weighted by Gasteiger charge is 2.89. The Hall–Kier alpha value is -1.89. The molecule has 0 atom stereocenters. The molecule has 0 unspecified atom stereocenters. The van der Waals surface area contributed by atoms with Crippen molar-refractivity contribution < 1.29 is 19.1 Å². The lowest BCUT2D eigenvalue weighted by Gasteiger charge is -2.34. The van der Waals surface area contributed by atoms with Gasteiger partial charge in [0.15, 0.2) is 0 Å². The van der Waals surface area contributed by atoms with Gasteiger partial charge in [-0.1, -0.05) is 15.9 Å². The maximum absolute atomic E-state index is 12.8. The van der Waals surface area contributed by atoms with Crippen LogP contribution in [0.5, 0.6) is 0 Å². The largest absolute Gasteiger partial charge is 0.469 e. The van der Waals surface area contributed by atoms with Gasteiger partial charge in [-0.15, -0.1) is 0 Å². The Morgan fingerprint density at radius 3 is 2.69 bits per heavy atom. The Morgan fingerprint density at radius 2 is 2.04 bits per heavy atom. The first kappa shape index (κ1) is 16.3. The SMILES string of the molecule is COC(=O)C12CC1(NC(=O)CN1CC3(CC3)c3cc(Br)ccc3C1=O)C2. The summed E-state index contributed by atoms with van der Waals surface area (Å²) in [7, 11) is 1.37. The Morgan fingerprint density at radius 1 is 1.31 bits per heavy atom. The summed E-state index contributed by atoms with van der Waals surface area (Å²) in [6.07, 6.45) is 3.37. The number of fused-ring (bicyclic) bond motifs is 3. The van der Waals surface area contributed by atoms with Crippen molar-refractivity contribution in [3.05, 3.63) is 33.8 Å². The van der Waals surface area contributed by atoms with E-state index in [0.29, 0.717) is 24.9 Å². The average Bonchev–Trinajstić information content (AvgIpc) is 3.50. The van der Waals surface area contributed by atoms with Crippen LogP contribution in [0.25, 0.3) is 0 Å². The Balaban J connectivity index is 1.30. The second-order valence-corrected chi connectivity index (χ2v) is 9.10. The van der Waals surface area contributed by atoms with Crippen molar-refractivity contribution in [1.29, 1.82) is 0 Å². The van der Waals surface area contributed by atoms with Crippen molar-refractivity contribution in [3.8, 4) is 0 Å². The van der Waals surface area contributed by atoms with Gasteiger partial charge in [-0.25, -0.2) is 0 Å². The molecule has 7 heteroatoms. The number of nitrogens with one attached hydrogen (secondary N) is 1. The van der Waals surface area contributed by atoms with Crippen molar-refractivity contribution in [2.75, 3.05) is 20.2 Å². The zero-order valence-corrected chi connectivity index (χ0v) is 16.0. The first-order valence-corrected chi connectivity index (χ1v) is 9.63. The third kappa shape index (κ3) is 2.06. The maximum Gasteiger partial charge on any atom is 0.314 e. The van der Waals surface area contributed by atoms with E-state index in [1.54, 1.807) is 4.90 Å². The van der Waals surface area contributed by atoms with E-state index in [1.165, 1.54) is 7.11 Å². The lowest BCUT2D eigenvalue weighted by molar-refractivity contribution is -0.144. The van der Waals surface area contributed by atoms with E-state index in [-0.39, 0.29) is 29.7 Å². The monoisotopic (exact) mass is 418 g/mol. The van der Waals surface area contributed by atoms with Crippen LogP contribution in [0.4, 0.5) is 0 Å². The summed E-state index contributed by atoms with van der Waals surface area (Å²) in [5.41, 5.74) is 0.877. The number of amides is 2. The number of hydrogen-bond acceptors (Lipinski definition) is 4. The van der Waals surface area contributed by atoms with E-state index in [1.807, 2.05) is 18.2 Å². The van der Waals surface area contributed by atoms with Crippen molar-refractivity contribution in [2.24, 2.45) is 5.41 Å². The molecule has 0 aromatic heterocycles. The third-order valence-corrected chi connectivity index (χ3v) is 7.07. The number of methoxy groups -OCH3 is 1. The van der Waals surface area contributed by atoms with Crippen molar-refractivity contribution in [1.82, 2.24) is 10.2 Å². The summed E-state index contributed by atoms with van der Waals surface area (Å²) in [5.74, 6) is -0.537. The Labute approximate surface area is 159 Å². The fourth-order valence-corrected chi connectivity index (χ4v) is 5.01. The van der Waals surface area contributed by atoms with Gasteiger partial charge in [0.1, 0.15) is 0 Å². The van der Waals surface area contributed by atoms with E-state index >= 15 is 0 Å². The molecule has 4 aliphatic rings. The molecule has 1 aromatic carbocycles. The number of benzene rings is 1. The summed E-state index contributed by atoms with van der Waals surface area (Å²) in [4.78, 5) is 38.8. The second kappa shape index (κ2) is 4.88. The summed E-state index contributed by atoms with van der Waals surface area (Å²) >= 11 is 3.49. The number of rotatable bonds is 4. The van der Waals surface area contributed by atoms with Crippen molar-refractivity contribution in [3.63, 3.8) is 0 Å². The lowest BCUT2D eigenvalue weighted by atomic mass is 9.86. The molecule has 1 aromatic rings. The zero-order chi connectivity index (χ0) is 18.3. The topological polar surface area (TPSA) is 75.7 Å². The standard InChI is InChI=1S/C19H19BrN2O4/c1-26-16(25)18-8-19(18,9-18)21-14(23)7-22-10-17(4-5-17)13-6-11(20)2-3-12(13)15(22)24/h2-3,6H,4-5,7-10H2,1H3,(H,21,23). The predicted octanol–water partition coefficient (Wildman–Crippen LogP) is 1.76. The average molecular weight is 419 g/mol. The van der Waals surface area contributed by atoms with Crippen molar-refractivity contribution >= 4 is 33.7 Å². The number of nitrogens with zero attached hydrogens (tertiary/aromatic N) is 1. The minimum absolute atomic E-state index is 0.000521. The van der Waals surface area contributed by atoms with Gasteiger partial charge in [-0.05, 0) is 49.4 Å². The lowest BCUT2D eigenvalue weighted by Crippen LogP contribution is -2.49. The summed E-state index contributed by atoms with van der Waals surface area (Å²) in [6.45, 7) is 0.618. The summed E-state index contributed by atoms with van der Waals surface area (Å²) < 4.78 is 5.79. The van der Waals surface area contributed by atoms with Gasteiger partial charge >= 0.3 is 5.97 Å². The molecule has 1 aliphatic heterocycles. The second-order valence-electron chi connectivity index (χ2n) is 8.19. The van der Waals surface area contributed by atoms with Crippen LogP contribution in [0.2, 0.25) is 0 Å². The fourth-order valence-electron chi connectivity index (χ4n) is 4.65. The first-order chi connectivity index (χ1) is 12.3. The van der Waals surface area contributed by atoms with Gasteiger partial charge in [-0.2, -0.15) is 0 Å². The minimum Gasteiger partial charge on any atom is -0.469 e. The molecule has 3 saturated carbocycles. The van der Waals surface area contributed by atoms with Crippen molar-refractivity contribution in [2.45, 2.75) is 36.6 Å². The highest BCUT2D eigenvalue weighted by Crippen LogP contribution is 2.79. The minimum atomic E-state index is -0.500. The van der Waals surface area contributed by atoms with Gasteiger partial charge in [0.05, 0.1) is 24.6 Å². The number of hydrogen-bond donors (Lipinski definition) is 1. The van der Waals surface area contributed by atoms with Crippen LogP contribution in [0.1, 0.15) is 41.6 Å². The molecular formula is C19H19BrN2O4. The zero-order valence-electron chi connectivity index (χ0n) is 14.4. The highest BCUT2D eigenvalue weighted by atomic mass is 79.9. The molecule has 26 heavy (non-hydrogen) atoms. The van der Waals surface area contributed by atoms with E-state index in [2.05, 4.69) is 21.2 Å². The molecule has 5 rings (SSSR count). The van der Waals surface area contributed by atoms with Crippen LogP contribution in [-0.2, 0) is 19.7 Å². The molecule has 1 spiro atoms. The van der Waals surface area contributed by atoms with Gasteiger partial charge in [-0.3, -0.25) is 14.4 Å². The van der Waals surface area contributed by atoms with Crippen LogP contribution in [0.15, 0.2) is 22.7 Å². The number of halogens is 1. The molecule has 136 valence electrons. The molecule has 1 heterocycles. The Kier molecular flexibility index (Phi) is 3.06. The normalized spacial score (nSPS) is 31.8. The molecule has 0 saturated heterocycles. The molecule has 6 nitrogen and oxygen atoms in total. The van der Waals surface area contributed by atoms with Gasteiger partial charge in [0.2, 0.25) is 5.91 Å². The van der Waals surface area contributed by atoms with Crippen LogP contribution in [0.3, 0.4) is 0 Å². The van der Waals surface area contributed by atoms with Gasteiger partial charge in [0, 0.05) is 22.0 Å². The maximum atomic E-state index is 12.8. The van der Waals surface area contributed by atoms with Crippen LogP contribution >= 0.6 is 15.9 Å². The number of ether oxygens (including phenoxy) is 1. The molecule has 3 fully saturated rings. The number of carbonyl (C=O) groups is 3. The summed E-state index contributed by atoms with van der Waals surface area (Å²) in [5, 5.41) is 2.97. The van der Waals surface area contributed by atoms with Crippen LogP contribution in [0, 0.1) is 5.41 Å². The third-order valence-electron chi connectivity index (χ3n) is 6.58. The predicted molar refractivity (Wildman–Crippen MR) is 95.5 cm³/mol. The highest BCUT2D eigenvalue weighted by molar-refractivity contribution is 9.10. The molecule has 3 aliphatic carbocycles. The van der Waals surface area contributed by atoms with Gasteiger partial charge in [0.25, 0.3) is 5.91 Å². The quantitative estimate of drug-likeness (QED) is 0.755. The smallest absolute Gasteiger partial charge is 0.314 e. The summed E-state index contributed by atoms with van der Waals surface area (Å²) in [6, 6.07) is 5.75. The van der Waals surface area contributed by atoms with Gasteiger partial charge < -0.3 is 15.0 Å². The molecule has 1 N–H and O–H groups in total. The molecule has 2 amide bonds. The van der Waals surface area contributed by atoms with E-state index in [9.17, 15) is 14.4 Å². The number of esters is 1. The molecular weight excluding hydrogens is 400 g/mol. The number of carbonyl (C=O) groups excluding carboxylic acids is 3. The van der Waals surface area contributed by atoms with E-state index in [0.717, 1.165) is 22.9 Å². The first-order valence-electron chi connectivity index (χ1n) is 8.84. The fraction of sp³-hybridized carbons (Fsp3) is 0.526. The van der Waals surface area contributed by atoms with E-state index < -0.39 is 11.0 Å². The van der Waals surface area contributed by atoms with Crippen LogP contribution < -0.4 is 5.32 Å². The molecule has 0 bridgehead atoms. The molecule has 0 radical (unpaired) electrons. The Bertz CT molecular complexity index is 870.